The molecule has 2 aliphatic rings. The number of carbonyl (C=O) groups excluding carboxylic acids is 1. The van der Waals surface area contributed by atoms with E-state index in [-0.39, 0.29) is 10.8 Å². The van der Waals surface area contributed by atoms with E-state index in [1.165, 1.54) is 5.56 Å². The van der Waals surface area contributed by atoms with Gasteiger partial charge in [0, 0.05) is 16.8 Å². The topological polar surface area (TPSA) is 32.7 Å². The first-order valence-electron chi connectivity index (χ1n) is 9.81. The Morgan fingerprint density at radius 3 is 2.07 bits per heavy atom. The highest BCUT2D eigenvalue weighted by Gasteiger charge is 2.37. The van der Waals surface area contributed by atoms with Crippen LogP contribution in [0.25, 0.3) is 5.57 Å². The van der Waals surface area contributed by atoms with Gasteiger partial charge in [-0.2, -0.15) is 0 Å². The molecule has 30 heavy (non-hydrogen) atoms. The molecule has 3 aromatic rings. The highest BCUT2D eigenvalue weighted by molar-refractivity contribution is 6.49. The number of ketones is 1. The monoisotopic (exact) mass is 410 g/mol. The fourth-order valence-electron chi connectivity index (χ4n) is 3.85. The third-order valence-corrected chi connectivity index (χ3v) is 5.77. The summed E-state index contributed by atoms with van der Waals surface area (Å²) in [7, 11) is 0. The summed E-state index contributed by atoms with van der Waals surface area (Å²) in [5.74, 6) is 0.573. The van der Waals surface area contributed by atoms with Gasteiger partial charge in [0.05, 0.1) is 11.4 Å². The molecule has 3 aromatic carbocycles. The molecule has 0 saturated carbocycles. The summed E-state index contributed by atoms with van der Waals surface area (Å²) in [6.07, 6.45) is 2.02. The van der Waals surface area contributed by atoms with Gasteiger partial charge in [-0.1, -0.05) is 71.3 Å². The van der Waals surface area contributed by atoms with Crippen LogP contribution in [-0.4, -0.2) is 11.6 Å². The zero-order valence-electron chi connectivity index (χ0n) is 16.7. The lowest BCUT2D eigenvalue weighted by atomic mass is 9.90. The Balaban J connectivity index is 1.74. The van der Waals surface area contributed by atoms with E-state index >= 15 is 0 Å². The van der Waals surface area contributed by atoms with Gasteiger partial charge < -0.3 is 0 Å². The first-order valence-corrected chi connectivity index (χ1v) is 10.2. The second kappa shape index (κ2) is 7.12. The molecule has 0 unspecified atom stereocenters. The summed E-state index contributed by atoms with van der Waals surface area (Å²) in [4.78, 5) is 19.9. The van der Waals surface area contributed by atoms with Gasteiger partial charge in [-0.25, -0.2) is 4.99 Å². The van der Waals surface area contributed by atoms with E-state index in [4.69, 9.17) is 16.6 Å². The first-order chi connectivity index (χ1) is 14.5. The first kappa shape index (κ1) is 18.6. The van der Waals surface area contributed by atoms with E-state index in [2.05, 4.69) is 6.92 Å². The second-order valence-corrected chi connectivity index (χ2v) is 7.95. The fourth-order valence-corrected chi connectivity index (χ4v) is 4.14. The number of fused-ring (bicyclic) bond motifs is 3. The maximum absolute atomic E-state index is 13.0. The minimum atomic E-state index is -0.159. The normalized spacial score (nSPS) is 16.6. The van der Waals surface area contributed by atoms with Crippen molar-refractivity contribution in [2.45, 2.75) is 13.8 Å². The summed E-state index contributed by atoms with van der Waals surface area (Å²) in [5.41, 5.74) is 7.21. The van der Waals surface area contributed by atoms with Crippen LogP contribution in [-0.2, 0) is 0 Å². The number of allylic oxidation sites excluding steroid dienone is 2. The Bertz CT molecular complexity index is 1270. The van der Waals surface area contributed by atoms with Crippen LogP contribution < -0.4 is 4.90 Å². The standard InChI is InChI=1S/C26H19ClN2O/c1-16-7-11-18(12-8-16)28-23-15-22-20-5-3-4-6-21(20)26(30)24(27)25(22)29(23)19-13-9-17(2)10-14-19/h3-15H,1-2H3. The van der Waals surface area contributed by atoms with Crippen LogP contribution in [0.15, 0.2) is 94.6 Å². The second-order valence-electron chi connectivity index (χ2n) is 7.57. The lowest BCUT2D eigenvalue weighted by Gasteiger charge is -2.27. The van der Waals surface area contributed by atoms with Crippen molar-refractivity contribution in [1.82, 2.24) is 0 Å². The molecular formula is C26H19ClN2O. The van der Waals surface area contributed by atoms with Crippen LogP contribution in [0.5, 0.6) is 0 Å². The molecular weight excluding hydrogens is 392 g/mol. The molecule has 5 rings (SSSR count). The van der Waals surface area contributed by atoms with Gasteiger partial charge in [0.2, 0.25) is 5.78 Å². The molecule has 1 aliphatic carbocycles. The summed E-state index contributed by atoms with van der Waals surface area (Å²) < 4.78 is 0. The average molecular weight is 411 g/mol. The van der Waals surface area contributed by atoms with E-state index < -0.39 is 0 Å². The SMILES string of the molecule is Cc1ccc(N=C2C=C3C(=C(Cl)C(=O)c4ccccc43)N2c2ccc(C)cc2)cc1. The van der Waals surface area contributed by atoms with Crippen molar-refractivity contribution >= 4 is 40.2 Å². The van der Waals surface area contributed by atoms with Gasteiger partial charge in [-0.3, -0.25) is 9.69 Å². The fraction of sp³-hybridized carbons (Fsp3) is 0.0769. The minimum absolute atomic E-state index is 0.159. The van der Waals surface area contributed by atoms with Gasteiger partial charge in [0.25, 0.3) is 0 Å². The molecule has 4 heteroatoms. The molecule has 0 spiro atoms. The molecule has 0 saturated heterocycles. The summed E-state index contributed by atoms with van der Waals surface area (Å²) in [6, 6.07) is 23.8. The van der Waals surface area contributed by atoms with Gasteiger partial charge >= 0.3 is 0 Å². The van der Waals surface area contributed by atoms with E-state index in [0.29, 0.717) is 11.3 Å². The molecule has 3 nitrogen and oxygen atoms in total. The van der Waals surface area contributed by atoms with E-state index in [1.807, 2.05) is 90.7 Å². The number of carbonyl (C=O) groups is 1. The van der Waals surface area contributed by atoms with Gasteiger partial charge in [-0.15, -0.1) is 0 Å². The lowest BCUT2D eigenvalue weighted by Crippen LogP contribution is -2.27. The highest BCUT2D eigenvalue weighted by atomic mass is 35.5. The Morgan fingerprint density at radius 2 is 1.40 bits per heavy atom. The maximum atomic E-state index is 13.0. The molecule has 0 aromatic heterocycles. The van der Waals surface area contributed by atoms with E-state index in [1.54, 1.807) is 0 Å². The number of aryl methyl sites for hydroxylation is 2. The van der Waals surface area contributed by atoms with Crippen molar-refractivity contribution in [3.05, 3.63) is 112 Å². The van der Waals surface area contributed by atoms with Gasteiger partial charge in [-0.05, 0) is 49.8 Å². The molecule has 0 radical (unpaired) electrons. The summed E-state index contributed by atoms with van der Waals surface area (Å²) >= 11 is 6.65. The molecule has 0 atom stereocenters. The third kappa shape index (κ3) is 2.99. The van der Waals surface area contributed by atoms with E-state index in [0.717, 1.165) is 33.9 Å². The maximum Gasteiger partial charge on any atom is 0.207 e. The molecule has 146 valence electrons. The number of Topliss-reactive ketones (excluding diaryl/α,β-unsaturated/α-hetero) is 1. The average Bonchev–Trinajstić information content (AvgIpc) is 3.13. The number of nitrogens with zero attached hydrogens (tertiary/aromatic N) is 2. The predicted octanol–water partition coefficient (Wildman–Crippen LogP) is 6.58. The number of hydrogen-bond donors (Lipinski definition) is 0. The Labute approximate surface area is 180 Å². The number of halogens is 1. The van der Waals surface area contributed by atoms with Crippen molar-refractivity contribution in [1.29, 1.82) is 0 Å². The van der Waals surface area contributed by atoms with Gasteiger partial charge in [0.15, 0.2) is 0 Å². The molecule has 0 bridgehead atoms. The van der Waals surface area contributed by atoms with Gasteiger partial charge in [0.1, 0.15) is 10.9 Å². The van der Waals surface area contributed by atoms with Crippen LogP contribution in [0.4, 0.5) is 11.4 Å². The molecule has 1 aliphatic heterocycles. The Hall–Kier alpha value is -3.43. The van der Waals surface area contributed by atoms with E-state index in [9.17, 15) is 4.79 Å². The number of amidine groups is 1. The number of benzene rings is 3. The smallest absolute Gasteiger partial charge is 0.207 e. The summed E-state index contributed by atoms with van der Waals surface area (Å²) in [5, 5.41) is 0.217. The van der Waals surface area contributed by atoms with Crippen LogP contribution in [0, 0.1) is 13.8 Å². The number of anilines is 1. The van der Waals surface area contributed by atoms with Crippen molar-refractivity contribution in [3.63, 3.8) is 0 Å². The number of aliphatic imine (C=N–C) groups is 1. The minimum Gasteiger partial charge on any atom is -0.293 e. The van der Waals surface area contributed by atoms with Crippen LogP contribution in [0.3, 0.4) is 0 Å². The van der Waals surface area contributed by atoms with Crippen LogP contribution >= 0.6 is 11.6 Å². The highest BCUT2D eigenvalue weighted by Crippen LogP contribution is 2.44. The predicted molar refractivity (Wildman–Crippen MR) is 124 cm³/mol. The van der Waals surface area contributed by atoms with Crippen LogP contribution in [0.2, 0.25) is 0 Å². The number of hydrogen-bond acceptors (Lipinski definition) is 2. The molecule has 1 heterocycles. The lowest BCUT2D eigenvalue weighted by molar-refractivity contribution is 0.104. The van der Waals surface area contributed by atoms with Crippen molar-refractivity contribution in [2.75, 3.05) is 4.90 Å². The van der Waals surface area contributed by atoms with Crippen molar-refractivity contribution in [3.8, 4) is 0 Å². The largest absolute Gasteiger partial charge is 0.293 e. The molecule has 0 fully saturated rings. The van der Waals surface area contributed by atoms with Crippen molar-refractivity contribution in [2.24, 2.45) is 4.99 Å². The number of rotatable bonds is 2. The van der Waals surface area contributed by atoms with Crippen LogP contribution in [0.1, 0.15) is 27.0 Å². The summed E-state index contributed by atoms with van der Waals surface area (Å²) in [6.45, 7) is 4.10. The molecule has 0 amide bonds. The zero-order chi connectivity index (χ0) is 20.8. The third-order valence-electron chi connectivity index (χ3n) is 5.42. The Morgan fingerprint density at radius 1 is 0.800 bits per heavy atom. The zero-order valence-corrected chi connectivity index (χ0v) is 17.4. The quantitative estimate of drug-likeness (QED) is 0.477. The van der Waals surface area contributed by atoms with Crippen molar-refractivity contribution < 1.29 is 4.79 Å². The Kier molecular flexibility index (Phi) is 4.41. The molecule has 0 N–H and O–H groups in total.